The van der Waals surface area contributed by atoms with Gasteiger partial charge in [0.05, 0.1) is 17.6 Å². The van der Waals surface area contributed by atoms with Crippen LogP contribution in [0.4, 0.5) is 4.39 Å². The molecule has 0 aromatic heterocycles. The lowest BCUT2D eigenvalue weighted by atomic mass is 10.1. The van der Waals surface area contributed by atoms with Crippen LogP contribution in [0.1, 0.15) is 27.6 Å². The largest absolute Gasteiger partial charge is 0.497 e. The highest BCUT2D eigenvalue weighted by atomic mass is 32.2. The zero-order chi connectivity index (χ0) is 19.5. The summed E-state index contributed by atoms with van der Waals surface area (Å²) < 4.78 is 46.4. The second kappa shape index (κ2) is 7.63. The van der Waals surface area contributed by atoms with Crippen LogP contribution in [0, 0.1) is 5.82 Å². The van der Waals surface area contributed by atoms with Gasteiger partial charge in [-0.3, -0.25) is 4.79 Å². The highest BCUT2D eigenvalue weighted by molar-refractivity contribution is 7.89. The van der Waals surface area contributed by atoms with Gasteiger partial charge in [-0.25, -0.2) is 22.7 Å². The SMILES string of the molecule is COc1ccc(C(=O)[C@H](C)OC(=O)c2cc(S(N)(=O)=O)ccc2F)cc1. The van der Waals surface area contributed by atoms with E-state index in [1.165, 1.54) is 26.2 Å². The van der Waals surface area contributed by atoms with Crippen LogP contribution in [-0.4, -0.2) is 33.4 Å². The van der Waals surface area contributed by atoms with Gasteiger partial charge in [-0.2, -0.15) is 0 Å². The topological polar surface area (TPSA) is 113 Å². The quantitative estimate of drug-likeness (QED) is 0.604. The minimum atomic E-state index is -4.12. The molecule has 0 aliphatic heterocycles. The Hall–Kier alpha value is -2.78. The van der Waals surface area contributed by atoms with E-state index in [0.29, 0.717) is 5.75 Å². The molecule has 0 amide bonds. The lowest BCUT2D eigenvalue weighted by molar-refractivity contribution is 0.0314. The number of ketones is 1. The molecular formula is C17H16FNO6S. The molecule has 9 heteroatoms. The first kappa shape index (κ1) is 19.5. The van der Waals surface area contributed by atoms with Crippen molar-refractivity contribution in [1.82, 2.24) is 0 Å². The molecular weight excluding hydrogens is 365 g/mol. The third kappa shape index (κ3) is 4.44. The normalized spacial score (nSPS) is 12.3. The Kier molecular flexibility index (Phi) is 5.73. The molecule has 138 valence electrons. The van der Waals surface area contributed by atoms with Crippen LogP contribution >= 0.6 is 0 Å². The molecule has 0 saturated carbocycles. The molecule has 0 fully saturated rings. The summed E-state index contributed by atoms with van der Waals surface area (Å²) in [5, 5.41) is 4.96. The lowest BCUT2D eigenvalue weighted by Crippen LogP contribution is -2.25. The van der Waals surface area contributed by atoms with Crippen molar-refractivity contribution in [1.29, 1.82) is 0 Å². The molecule has 0 heterocycles. The molecule has 2 N–H and O–H groups in total. The number of benzene rings is 2. The van der Waals surface area contributed by atoms with E-state index in [-0.39, 0.29) is 5.56 Å². The van der Waals surface area contributed by atoms with Gasteiger partial charge in [-0.05, 0) is 49.4 Å². The third-order valence-electron chi connectivity index (χ3n) is 3.51. The maximum atomic E-state index is 13.8. The van der Waals surface area contributed by atoms with E-state index >= 15 is 0 Å². The molecule has 0 bridgehead atoms. The van der Waals surface area contributed by atoms with Crippen molar-refractivity contribution in [2.75, 3.05) is 7.11 Å². The Bertz CT molecular complexity index is 940. The van der Waals surface area contributed by atoms with Crippen molar-refractivity contribution in [3.63, 3.8) is 0 Å². The summed E-state index contributed by atoms with van der Waals surface area (Å²) in [5.41, 5.74) is -0.365. The van der Waals surface area contributed by atoms with Gasteiger partial charge >= 0.3 is 5.97 Å². The maximum absolute atomic E-state index is 13.8. The second-order valence-electron chi connectivity index (χ2n) is 5.33. The monoisotopic (exact) mass is 381 g/mol. The number of sulfonamides is 1. The maximum Gasteiger partial charge on any atom is 0.341 e. The number of Topliss-reactive ketones (excluding diaryl/α,β-unsaturated/α-hetero) is 1. The molecule has 2 aromatic carbocycles. The lowest BCUT2D eigenvalue weighted by Gasteiger charge is -2.13. The molecule has 2 rings (SSSR count). The van der Waals surface area contributed by atoms with Gasteiger partial charge in [0.2, 0.25) is 15.8 Å². The number of hydrogen-bond acceptors (Lipinski definition) is 6. The van der Waals surface area contributed by atoms with Gasteiger partial charge in [0, 0.05) is 5.56 Å². The Morgan fingerprint density at radius 2 is 1.73 bits per heavy atom. The van der Waals surface area contributed by atoms with Crippen LogP contribution in [-0.2, 0) is 14.8 Å². The van der Waals surface area contributed by atoms with E-state index in [9.17, 15) is 22.4 Å². The molecule has 0 spiro atoms. The molecule has 0 saturated heterocycles. The number of rotatable bonds is 6. The van der Waals surface area contributed by atoms with Gasteiger partial charge < -0.3 is 9.47 Å². The number of nitrogens with two attached hydrogens (primary N) is 1. The highest BCUT2D eigenvalue weighted by Crippen LogP contribution is 2.18. The summed E-state index contributed by atoms with van der Waals surface area (Å²) >= 11 is 0. The summed E-state index contributed by atoms with van der Waals surface area (Å²) in [6.45, 7) is 1.33. The molecule has 7 nitrogen and oxygen atoms in total. The summed E-state index contributed by atoms with van der Waals surface area (Å²) in [5.74, 6) is -2.13. The van der Waals surface area contributed by atoms with E-state index in [1.807, 2.05) is 0 Å². The first-order valence-electron chi connectivity index (χ1n) is 7.35. The average molecular weight is 381 g/mol. The number of hydrogen-bond donors (Lipinski definition) is 1. The number of esters is 1. The fourth-order valence-corrected chi connectivity index (χ4v) is 2.65. The Labute approximate surface area is 149 Å². The second-order valence-corrected chi connectivity index (χ2v) is 6.89. The zero-order valence-electron chi connectivity index (χ0n) is 13.9. The van der Waals surface area contributed by atoms with Crippen LogP contribution in [0.3, 0.4) is 0 Å². The van der Waals surface area contributed by atoms with E-state index in [1.54, 1.807) is 12.1 Å². The number of halogens is 1. The molecule has 0 radical (unpaired) electrons. The minimum absolute atomic E-state index is 0.268. The fourth-order valence-electron chi connectivity index (χ4n) is 2.11. The molecule has 0 unspecified atom stereocenters. The van der Waals surface area contributed by atoms with Gasteiger partial charge in [0.15, 0.2) is 6.10 Å². The smallest absolute Gasteiger partial charge is 0.341 e. The third-order valence-corrected chi connectivity index (χ3v) is 4.42. The number of carbonyl (C=O) groups is 2. The van der Waals surface area contributed by atoms with E-state index in [2.05, 4.69) is 0 Å². The minimum Gasteiger partial charge on any atom is -0.497 e. The highest BCUT2D eigenvalue weighted by Gasteiger charge is 2.23. The molecule has 2 aromatic rings. The van der Waals surface area contributed by atoms with Crippen molar-refractivity contribution in [3.05, 3.63) is 59.4 Å². The van der Waals surface area contributed by atoms with Gasteiger partial charge in [-0.15, -0.1) is 0 Å². The summed E-state index contributed by atoms with van der Waals surface area (Å²) in [7, 11) is -2.65. The zero-order valence-corrected chi connectivity index (χ0v) is 14.7. The predicted octanol–water partition coefficient (Wildman–Crippen LogP) is 1.91. The van der Waals surface area contributed by atoms with Crippen LogP contribution < -0.4 is 9.88 Å². The fraction of sp³-hybridized carbons (Fsp3) is 0.176. The Morgan fingerprint density at radius 3 is 2.27 bits per heavy atom. The summed E-state index contributed by atoms with van der Waals surface area (Å²) in [4.78, 5) is 24.0. The van der Waals surface area contributed by atoms with Gasteiger partial charge in [0.25, 0.3) is 0 Å². The van der Waals surface area contributed by atoms with Crippen molar-refractivity contribution in [3.8, 4) is 5.75 Å². The van der Waals surface area contributed by atoms with Crippen molar-refractivity contribution < 1.29 is 31.9 Å². The van der Waals surface area contributed by atoms with Crippen molar-refractivity contribution in [2.24, 2.45) is 5.14 Å². The predicted molar refractivity (Wildman–Crippen MR) is 90.0 cm³/mol. The number of ether oxygens (including phenoxy) is 2. The van der Waals surface area contributed by atoms with Crippen molar-refractivity contribution in [2.45, 2.75) is 17.9 Å². The first-order chi connectivity index (χ1) is 12.1. The van der Waals surface area contributed by atoms with Crippen LogP contribution in [0.25, 0.3) is 0 Å². The van der Waals surface area contributed by atoms with Crippen LogP contribution in [0.2, 0.25) is 0 Å². The van der Waals surface area contributed by atoms with E-state index < -0.39 is 44.2 Å². The molecule has 0 aliphatic rings. The number of methoxy groups -OCH3 is 1. The Morgan fingerprint density at radius 1 is 1.12 bits per heavy atom. The molecule has 0 aliphatic carbocycles. The van der Waals surface area contributed by atoms with Gasteiger partial charge in [-0.1, -0.05) is 0 Å². The number of carbonyl (C=O) groups excluding carboxylic acids is 2. The average Bonchev–Trinajstić information content (AvgIpc) is 2.60. The van der Waals surface area contributed by atoms with Crippen LogP contribution in [0.5, 0.6) is 5.75 Å². The standard InChI is InChI=1S/C17H16FNO6S/c1-10(16(20)11-3-5-12(24-2)6-4-11)25-17(21)14-9-13(26(19,22)23)7-8-15(14)18/h3-10H,1-2H3,(H2,19,22,23)/t10-/m0/s1. The van der Waals surface area contributed by atoms with E-state index in [4.69, 9.17) is 14.6 Å². The summed E-state index contributed by atoms with van der Waals surface area (Å²) in [6, 6.07) is 8.59. The first-order valence-corrected chi connectivity index (χ1v) is 8.89. The van der Waals surface area contributed by atoms with Crippen molar-refractivity contribution >= 4 is 21.8 Å². The Balaban J connectivity index is 2.19. The number of primary sulfonamides is 1. The molecule has 1 atom stereocenters. The van der Waals surface area contributed by atoms with Gasteiger partial charge in [0.1, 0.15) is 11.6 Å². The van der Waals surface area contributed by atoms with Crippen LogP contribution in [0.15, 0.2) is 47.4 Å². The van der Waals surface area contributed by atoms with E-state index in [0.717, 1.165) is 18.2 Å². The molecule has 26 heavy (non-hydrogen) atoms. The summed E-state index contributed by atoms with van der Waals surface area (Å²) in [6.07, 6.45) is -1.21.